The predicted octanol–water partition coefficient (Wildman–Crippen LogP) is 4.42. The number of halogens is 3. The fourth-order valence-corrected chi connectivity index (χ4v) is 5.12. The van der Waals surface area contributed by atoms with E-state index >= 15 is 0 Å². The van der Waals surface area contributed by atoms with Crippen LogP contribution >= 0.6 is 23.2 Å². The number of fused-ring (bicyclic) bond motifs is 2. The number of carbonyl (C=O) groups is 1. The van der Waals surface area contributed by atoms with Gasteiger partial charge < -0.3 is 20.9 Å². The molecular weight excluding hydrogens is 466 g/mol. The Bertz CT molecular complexity index is 1280. The normalized spacial score (nSPS) is 15.5. The first-order valence-electron chi connectivity index (χ1n) is 10.8. The number of nitrogens with zero attached hydrogens (tertiary/aromatic N) is 1. The summed E-state index contributed by atoms with van der Waals surface area (Å²) in [5.41, 5.74) is 8.04. The number of anilines is 1. The second-order valence-corrected chi connectivity index (χ2v) is 9.11. The van der Waals surface area contributed by atoms with Gasteiger partial charge in [-0.2, -0.15) is 0 Å². The average molecular weight is 491 g/mol. The molecule has 1 aliphatic rings. The van der Waals surface area contributed by atoms with Gasteiger partial charge in [0.1, 0.15) is 5.82 Å². The Kier molecular flexibility index (Phi) is 6.93. The lowest BCUT2D eigenvalue weighted by atomic mass is 9.93. The fraction of sp³-hybridized carbons (Fsp3) is 0.333. The van der Waals surface area contributed by atoms with Crippen LogP contribution in [-0.4, -0.2) is 35.4 Å². The van der Waals surface area contributed by atoms with Crippen molar-refractivity contribution in [2.75, 3.05) is 25.0 Å². The van der Waals surface area contributed by atoms with Crippen molar-refractivity contribution in [1.82, 2.24) is 9.88 Å². The van der Waals surface area contributed by atoms with Gasteiger partial charge in [-0.05, 0) is 79.6 Å². The minimum Gasteiger partial charge on any atom is -0.374 e. The van der Waals surface area contributed by atoms with Gasteiger partial charge in [-0.3, -0.25) is 9.59 Å². The standard InChI is InChI=1S/C24H25Cl2FN4O2/c1-13-23-14(7-16(25)10-19(23)26)4-6-31(13)22(32)12-29-21-9-15-8-17(3-2-5-28)30-24(33)18(15)11-20(21)27/h7-11,13,29H,2-6,12,28H2,1H3,(H,30,33). The third-order valence-corrected chi connectivity index (χ3v) is 6.61. The van der Waals surface area contributed by atoms with Crippen LogP contribution in [0, 0.1) is 5.82 Å². The molecule has 1 unspecified atom stereocenters. The van der Waals surface area contributed by atoms with Gasteiger partial charge >= 0.3 is 0 Å². The van der Waals surface area contributed by atoms with Crippen molar-refractivity contribution >= 4 is 45.6 Å². The number of amides is 1. The van der Waals surface area contributed by atoms with E-state index in [0.29, 0.717) is 41.4 Å². The quantitative estimate of drug-likeness (QED) is 0.476. The van der Waals surface area contributed by atoms with Crippen LogP contribution in [0.25, 0.3) is 10.8 Å². The zero-order chi connectivity index (χ0) is 23.7. The molecule has 0 bridgehead atoms. The predicted molar refractivity (Wildman–Crippen MR) is 131 cm³/mol. The van der Waals surface area contributed by atoms with Gasteiger partial charge in [0.05, 0.1) is 23.7 Å². The van der Waals surface area contributed by atoms with E-state index < -0.39 is 5.82 Å². The summed E-state index contributed by atoms with van der Waals surface area (Å²) in [6, 6.07) is 7.91. The van der Waals surface area contributed by atoms with Crippen molar-refractivity contribution < 1.29 is 9.18 Å². The van der Waals surface area contributed by atoms with Crippen LogP contribution in [0.2, 0.25) is 10.0 Å². The maximum atomic E-state index is 14.7. The maximum Gasteiger partial charge on any atom is 0.256 e. The number of rotatable bonds is 6. The van der Waals surface area contributed by atoms with Gasteiger partial charge in [0, 0.05) is 22.3 Å². The maximum absolute atomic E-state index is 14.7. The first kappa shape index (κ1) is 23.5. The first-order chi connectivity index (χ1) is 15.8. The Morgan fingerprint density at radius 2 is 2.06 bits per heavy atom. The molecule has 0 radical (unpaired) electrons. The molecule has 1 aliphatic heterocycles. The van der Waals surface area contributed by atoms with Crippen LogP contribution in [-0.2, 0) is 17.6 Å². The molecule has 0 fully saturated rings. The molecule has 0 spiro atoms. The van der Waals surface area contributed by atoms with E-state index in [1.807, 2.05) is 19.1 Å². The van der Waals surface area contributed by atoms with Crippen molar-refractivity contribution in [3.63, 3.8) is 0 Å². The third-order valence-electron chi connectivity index (χ3n) is 6.08. The second kappa shape index (κ2) is 9.71. The Hall–Kier alpha value is -2.61. The SMILES string of the molecule is CC1c2c(Cl)cc(Cl)cc2CCN1C(=O)CNc1cc2cc(CCCN)[nH]c(=O)c2cc1F. The molecule has 6 nitrogen and oxygen atoms in total. The number of aromatic nitrogens is 1. The fourth-order valence-electron chi connectivity index (χ4n) is 4.42. The Labute approximate surface area is 200 Å². The molecule has 9 heteroatoms. The minimum atomic E-state index is -0.592. The van der Waals surface area contributed by atoms with Crippen molar-refractivity contribution in [2.45, 2.75) is 32.2 Å². The highest BCUT2D eigenvalue weighted by molar-refractivity contribution is 6.35. The van der Waals surface area contributed by atoms with Crippen molar-refractivity contribution in [2.24, 2.45) is 5.73 Å². The minimum absolute atomic E-state index is 0.0868. The molecule has 3 aromatic rings. The van der Waals surface area contributed by atoms with Gasteiger partial charge in [-0.15, -0.1) is 0 Å². The summed E-state index contributed by atoms with van der Waals surface area (Å²) in [6.45, 7) is 2.86. The van der Waals surface area contributed by atoms with Crippen LogP contribution in [0.3, 0.4) is 0 Å². The number of hydrogen-bond acceptors (Lipinski definition) is 4. The molecule has 1 amide bonds. The molecule has 33 heavy (non-hydrogen) atoms. The number of H-pyrrole nitrogens is 1. The van der Waals surface area contributed by atoms with Crippen molar-refractivity contribution in [3.05, 3.63) is 73.4 Å². The number of carbonyl (C=O) groups excluding carboxylic acids is 1. The molecule has 0 saturated heterocycles. The summed E-state index contributed by atoms with van der Waals surface area (Å²) in [7, 11) is 0. The molecule has 2 heterocycles. The molecule has 0 aliphatic carbocycles. The highest BCUT2D eigenvalue weighted by Crippen LogP contribution is 2.37. The molecule has 174 valence electrons. The third kappa shape index (κ3) is 4.86. The zero-order valence-electron chi connectivity index (χ0n) is 18.2. The highest BCUT2D eigenvalue weighted by atomic mass is 35.5. The Morgan fingerprint density at radius 1 is 1.27 bits per heavy atom. The number of pyridine rings is 1. The topological polar surface area (TPSA) is 91.2 Å². The molecular formula is C24H25Cl2FN4O2. The monoisotopic (exact) mass is 490 g/mol. The van der Waals surface area contributed by atoms with E-state index in [2.05, 4.69) is 10.3 Å². The van der Waals surface area contributed by atoms with E-state index in [-0.39, 0.29) is 35.1 Å². The van der Waals surface area contributed by atoms with Gasteiger partial charge in [0.2, 0.25) is 5.91 Å². The molecule has 1 atom stereocenters. The van der Waals surface area contributed by atoms with Gasteiger partial charge in [-0.1, -0.05) is 23.2 Å². The summed E-state index contributed by atoms with van der Waals surface area (Å²) in [4.78, 5) is 29.8. The molecule has 4 rings (SSSR count). The molecule has 2 aromatic carbocycles. The van der Waals surface area contributed by atoms with E-state index in [1.165, 1.54) is 6.07 Å². The van der Waals surface area contributed by atoms with Crippen molar-refractivity contribution in [3.8, 4) is 0 Å². The number of hydrogen-bond donors (Lipinski definition) is 3. The van der Waals surface area contributed by atoms with Crippen LogP contribution in [0.15, 0.2) is 35.1 Å². The lowest BCUT2D eigenvalue weighted by Gasteiger charge is -2.36. The number of nitrogens with one attached hydrogen (secondary N) is 2. The Morgan fingerprint density at radius 3 is 2.82 bits per heavy atom. The Balaban J connectivity index is 1.52. The van der Waals surface area contributed by atoms with Crippen LogP contribution in [0.5, 0.6) is 0 Å². The first-order valence-corrected chi connectivity index (χ1v) is 11.6. The highest BCUT2D eigenvalue weighted by Gasteiger charge is 2.29. The number of aryl methyl sites for hydroxylation is 1. The lowest BCUT2D eigenvalue weighted by Crippen LogP contribution is -2.42. The molecule has 0 saturated carbocycles. The van der Waals surface area contributed by atoms with Gasteiger partial charge in [0.25, 0.3) is 5.56 Å². The summed E-state index contributed by atoms with van der Waals surface area (Å²) in [6.07, 6.45) is 2.00. The summed E-state index contributed by atoms with van der Waals surface area (Å²) >= 11 is 12.5. The van der Waals surface area contributed by atoms with E-state index in [1.54, 1.807) is 17.0 Å². The van der Waals surface area contributed by atoms with Crippen LogP contribution in [0.1, 0.15) is 36.2 Å². The smallest absolute Gasteiger partial charge is 0.256 e. The van der Waals surface area contributed by atoms with E-state index in [4.69, 9.17) is 28.9 Å². The van der Waals surface area contributed by atoms with E-state index in [0.717, 1.165) is 23.2 Å². The van der Waals surface area contributed by atoms with Crippen molar-refractivity contribution in [1.29, 1.82) is 0 Å². The zero-order valence-corrected chi connectivity index (χ0v) is 19.7. The second-order valence-electron chi connectivity index (χ2n) is 8.26. The number of nitrogens with two attached hydrogens (primary N) is 1. The molecule has 4 N–H and O–H groups in total. The van der Waals surface area contributed by atoms with Crippen LogP contribution in [0.4, 0.5) is 10.1 Å². The number of benzene rings is 2. The number of aromatic amines is 1. The van der Waals surface area contributed by atoms with Crippen LogP contribution < -0.4 is 16.6 Å². The summed E-state index contributed by atoms with van der Waals surface area (Å²) in [5.74, 6) is -0.765. The molecule has 1 aromatic heterocycles. The average Bonchev–Trinajstić information content (AvgIpc) is 2.76. The van der Waals surface area contributed by atoms with Gasteiger partial charge in [-0.25, -0.2) is 4.39 Å². The largest absolute Gasteiger partial charge is 0.374 e. The summed E-state index contributed by atoms with van der Waals surface area (Å²) < 4.78 is 14.7. The summed E-state index contributed by atoms with van der Waals surface area (Å²) in [5, 5.41) is 4.87. The van der Waals surface area contributed by atoms with E-state index in [9.17, 15) is 14.0 Å². The lowest BCUT2D eigenvalue weighted by molar-refractivity contribution is -0.131. The van der Waals surface area contributed by atoms with Gasteiger partial charge in [0.15, 0.2) is 0 Å².